The molecule has 0 spiro atoms. The van der Waals surface area contributed by atoms with Crippen LogP contribution in [0.1, 0.15) is 10.4 Å². The van der Waals surface area contributed by atoms with Gasteiger partial charge >= 0.3 is 0 Å². The number of hydrogen-bond acceptors (Lipinski definition) is 2. The van der Waals surface area contributed by atoms with E-state index in [0.717, 1.165) is 0 Å². The molecule has 1 amide bonds. The van der Waals surface area contributed by atoms with Crippen LogP contribution in [0.3, 0.4) is 0 Å². The third-order valence-electron chi connectivity index (χ3n) is 2.27. The van der Waals surface area contributed by atoms with Crippen LogP contribution in [-0.4, -0.2) is 18.0 Å². The Kier molecular flexibility index (Phi) is 3.35. The van der Waals surface area contributed by atoms with Gasteiger partial charge in [-0.1, -0.05) is 11.6 Å². The molecule has 0 saturated carbocycles. The number of amides is 1. The Labute approximate surface area is 104 Å². The van der Waals surface area contributed by atoms with Crippen molar-refractivity contribution in [1.82, 2.24) is 4.98 Å². The van der Waals surface area contributed by atoms with Crippen LogP contribution in [0.15, 0.2) is 36.7 Å². The number of ether oxygens (including phenoxy) is 1. The number of rotatable bonds is 3. The van der Waals surface area contributed by atoms with Gasteiger partial charge in [-0.25, -0.2) is 0 Å². The Hall–Kier alpha value is -1.94. The molecule has 0 aliphatic rings. The largest absolute Gasteiger partial charge is 0.495 e. The molecule has 0 atom stereocenters. The molecule has 1 aromatic heterocycles. The van der Waals surface area contributed by atoms with Crippen LogP contribution in [0, 0.1) is 0 Å². The highest BCUT2D eigenvalue weighted by molar-refractivity contribution is 6.32. The zero-order valence-electron chi connectivity index (χ0n) is 9.16. The summed E-state index contributed by atoms with van der Waals surface area (Å²) in [7, 11) is 1.54. The zero-order valence-corrected chi connectivity index (χ0v) is 9.91. The number of aromatic nitrogens is 1. The van der Waals surface area contributed by atoms with E-state index in [2.05, 4.69) is 10.3 Å². The number of nitrogens with one attached hydrogen (secondary N) is 2. The van der Waals surface area contributed by atoms with Crippen LogP contribution < -0.4 is 10.1 Å². The lowest BCUT2D eigenvalue weighted by Crippen LogP contribution is -2.10. The third kappa shape index (κ3) is 2.60. The molecular formula is C12H11ClN2O2. The maximum Gasteiger partial charge on any atom is 0.257 e. The van der Waals surface area contributed by atoms with Crippen molar-refractivity contribution in [1.29, 1.82) is 0 Å². The number of anilines is 1. The van der Waals surface area contributed by atoms with Crippen LogP contribution in [0.2, 0.25) is 5.02 Å². The average molecular weight is 251 g/mol. The van der Waals surface area contributed by atoms with Crippen molar-refractivity contribution in [3.63, 3.8) is 0 Å². The quantitative estimate of drug-likeness (QED) is 0.880. The summed E-state index contributed by atoms with van der Waals surface area (Å²) in [5.41, 5.74) is 1.19. The number of halogens is 1. The summed E-state index contributed by atoms with van der Waals surface area (Å²) in [4.78, 5) is 14.6. The molecule has 0 aliphatic heterocycles. The van der Waals surface area contributed by atoms with Crippen molar-refractivity contribution >= 4 is 23.2 Å². The molecule has 4 nitrogen and oxygen atoms in total. The van der Waals surface area contributed by atoms with E-state index in [1.54, 1.807) is 43.8 Å². The van der Waals surface area contributed by atoms with Crippen molar-refractivity contribution in [3.8, 4) is 5.75 Å². The van der Waals surface area contributed by atoms with E-state index in [4.69, 9.17) is 16.3 Å². The highest BCUT2D eigenvalue weighted by atomic mass is 35.5. The summed E-state index contributed by atoms with van der Waals surface area (Å²) in [5, 5.41) is 3.20. The van der Waals surface area contributed by atoms with E-state index in [0.29, 0.717) is 22.0 Å². The first-order valence-corrected chi connectivity index (χ1v) is 5.36. The Bertz CT molecular complexity index is 523. The summed E-state index contributed by atoms with van der Waals surface area (Å²) >= 11 is 5.96. The number of carbonyl (C=O) groups is 1. The molecular weight excluding hydrogens is 240 g/mol. The van der Waals surface area contributed by atoms with Gasteiger partial charge in [0.25, 0.3) is 5.91 Å². The van der Waals surface area contributed by atoms with Crippen LogP contribution in [-0.2, 0) is 0 Å². The SMILES string of the molecule is COc1ccc(NC(=O)c2cc[nH]c2)cc1Cl. The molecule has 0 saturated heterocycles. The molecule has 2 N–H and O–H groups in total. The predicted molar refractivity (Wildman–Crippen MR) is 66.7 cm³/mol. The van der Waals surface area contributed by atoms with Gasteiger partial charge in [-0.3, -0.25) is 4.79 Å². The van der Waals surface area contributed by atoms with Gasteiger partial charge < -0.3 is 15.0 Å². The number of aromatic amines is 1. The number of benzene rings is 1. The second-order valence-electron chi connectivity index (χ2n) is 3.40. The average Bonchev–Trinajstić information content (AvgIpc) is 2.82. The molecule has 0 unspecified atom stereocenters. The van der Waals surface area contributed by atoms with Crippen LogP contribution in [0.5, 0.6) is 5.75 Å². The van der Waals surface area contributed by atoms with E-state index in [1.807, 2.05) is 0 Å². The van der Waals surface area contributed by atoms with Gasteiger partial charge in [0.15, 0.2) is 0 Å². The highest BCUT2D eigenvalue weighted by Crippen LogP contribution is 2.27. The van der Waals surface area contributed by atoms with E-state index in [1.165, 1.54) is 0 Å². The maximum atomic E-state index is 11.7. The fourth-order valence-corrected chi connectivity index (χ4v) is 1.67. The van der Waals surface area contributed by atoms with Gasteiger partial charge in [0.2, 0.25) is 0 Å². The fourth-order valence-electron chi connectivity index (χ4n) is 1.41. The molecule has 0 radical (unpaired) electrons. The van der Waals surface area contributed by atoms with Gasteiger partial charge in [0.1, 0.15) is 5.75 Å². The second-order valence-corrected chi connectivity index (χ2v) is 3.81. The topological polar surface area (TPSA) is 54.1 Å². The second kappa shape index (κ2) is 4.93. The first kappa shape index (κ1) is 11.5. The van der Waals surface area contributed by atoms with E-state index in [-0.39, 0.29) is 5.91 Å². The van der Waals surface area contributed by atoms with Gasteiger partial charge in [0.05, 0.1) is 17.7 Å². The Morgan fingerprint density at radius 1 is 1.41 bits per heavy atom. The molecule has 1 aromatic carbocycles. The molecule has 2 aromatic rings. The third-order valence-corrected chi connectivity index (χ3v) is 2.57. The number of H-pyrrole nitrogens is 1. The molecule has 5 heteroatoms. The minimum absolute atomic E-state index is 0.188. The first-order valence-electron chi connectivity index (χ1n) is 4.98. The maximum absolute atomic E-state index is 11.7. The van der Waals surface area contributed by atoms with E-state index in [9.17, 15) is 4.79 Å². The van der Waals surface area contributed by atoms with Crippen LogP contribution in [0.25, 0.3) is 0 Å². The summed E-state index contributed by atoms with van der Waals surface area (Å²) in [5.74, 6) is 0.388. The standard InChI is InChI=1S/C12H11ClN2O2/c1-17-11-3-2-9(6-10(11)13)15-12(16)8-4-5-14-7-8/h2-7,14H,1H3,(H,15,16). The zero-order chi connectivity index (χ0) is 12.3. The molecule has 0 fully saturated rings. The monoisotopic (exact) mass is 250 g/mol. The molecule has 0 aliphatic carbocycles. The van der Waals surface area contributed by atoms with Crippen molar-refractivity contribution in [2.75, 3.05) is 12.4 Å². The normalized spacial score (nSPS) is 10.0. The Morgan fingerprint density at radius 3 is 2.82 bits per heavy atom. The van der Waals surface area contributed by atoms with Gasteiger partial charge in [0, 0.05) is 18.1 Å². The summed E-state index contributed by atoms with van der Waals surface area (Å²) < 4.78 is 5.03. The Morgan fingerprint density at radius 2 is 2.24 bits per heavy atom. The lowest BCUT2D eigenvalue weighted by molar-refractivity contribution is 0.102. The van der Waals surface area contributed by atoms with Crippen LogP contribution in [0.4, 0.5) is 5.69 Å². The molecule has 2 rings (SSSR count). The van der Waals surface area contributed by atoms with Crippen molar-refractivity contribution in [3.05, 3.63) is 47.2 Å². The predicted octanol–water partition coefficient (Wildman–Crippen LogP) is 2.93. The fraction of sp³-hybridized carbons (Fsp3) is 0.0833. The van der Waals surface area contributed by atoms with Gasteiger partial charge in [-0.15, -0.1) is 0 Å². The molecule has 17 heavy (non-hydrogen) atoms. The first-order chi connectivity index (χ1) is 8.20. The van der Waals surface area contributed by atoms with Gasteiger partial charge in [-0.2, -0.15) is 0 Å². The van der Waals surface area contributed by atoms with Crippen LogP contribution >= 0.6 is 11.6 Å². The molecule has 1 heterocycles. The lowest BCUT2D eigenvalue weighted by atomic mass is 10.2. The minimum Gasteiger partial charge on any atom is -0.495 e. The van der Waals surface area contributed by atoms with Gasteiger partial charge in [-0.05, 0) is 24.3 Å². The van der Waals surface area contributed by atoms with E-state index < -0.39 is 0 Å². The summed E-state index contributed by atoms with van der Waals surface area (Å²) in [6.07, 6.45) is 3.32. The number of carbonyl (C=O) groups excluding carboxylic acids is 1. The van der Waals surface area contributed by atoms with Crippen molar-refractivity contribution in [2.24, 2.45) is 0 Å². The smallest absolute Gasteiger partial charge is 0.257 e. The van der Waals surface area contributed by atoms with Crippen molar-refractivity contribution in [2.45, 2.75) is 0 Å². The summed E-state index contributed by atoms with van der Waals surface area (Å²) in [6.45, 7) is 0. The molecule has 0 bridgehead atoms. The minimum atomic E-state index is -0.188. The lowest BCUT2D eigenvalue weighted by Gasteiger charge is -2.07. The number of methoxy groups -OCH3 is 1. The summed E-state index contributed by atoms with van der Waals surface area (Å²) in [6, 6.07) is 6.77. The van der Waals surface area contributed by atoms with Crippen molar-refractivity contribution < 1.29 is 9.53 Å². The molecule has 88 valence electrons. The highest BCUT2D eigenvalue weighted by Gasteiger charge is 2.07. The number of hydrogen-bond donors (Lipinski definition) is 2. The van der Waals surface area contributed by atoms with E-state index >= 15 is 0 Å². The Balaban J connectivity index is 2.14.